The number of methoxy groups -OCH3 is 1. The van der Waals surface area contributed by atoms with Crippen molar-refractivity contribution >= 4 is 23.4 Å². The van der Waals surface area contributed by atoms with Crippen LogP contribution in [0, 0.1) is 0 Å². The third-order valence-corrected chi connectivity index (χ3v) is 5.56. The molecule has 33 heavy (non-hydrogen) atoms. The molecule has 0 unspecified atom stereocenters. The fraction of sp³-hybridized carbons (Fsp3) is 0.231. The summed E-state index contributed by atoms with van der Waals surface area (Å²) in [7, 11) is 1.59. The average Bonchev–Trinajstić information content (AvgIpc) is 2.85. The van der Waals surface area contributed by atoms with Crippen LogP contribution in [0.1, 0.15) is 18.1 Å². The second kappa shape index (κ2) is 11.9. The lowest BCUT2D eigenvalue weighted by atomic mass is 10.1. The zero-order valence-electron chi connectivity index (χ0n) is 18.7. The third kappa shape index (κ3) is 6.99. The fourth-order valence-electron chi connectivity index (χ4n) is 3.23. The molecule has 3 aromatic carbocycles. The Balaban J connectivity index is 1.71. The van der Waals surface area contributed by atoms with Crippen molar-refractivity contribution in [2.45, 2.75) is 26.1 Å². The van der Waals surface area contributed by atoms with E-state index in [1.165, 1.54) is 4.90 Å². The van der Waals surface area contributed by atoms with Gasteiger partial charge < -0.3 is 19.7 Å². The molecule has 0 aliphatic rings. The minimum atomic E-state index is -0.721. The van der Waals surface area contributed by atoms with Crippen molar-refractivity contribution in [1.29, 1.82) is 0 Å². The van der Waals surface area contributed by atoms with Crippen LogP contribution in [-0.4, -0.2) is 36.5 Å². The lowest BCUT2D eigenvalue weighted by Crippen LogP contribution is -2.48. The van der Waals surface area contributed by atoms with Gasteiger partial charge in [0, 0.05) is 18.1 Å². The van der Waals surface area contributed by atoms with Gasteiger partial charge in [0.2, 0.25) is 5.91 Å². The normalized spacial score (nSPS) is 11.4. The highest BCUT2D eigenvalue weighted by Gasteiger charge is 2.26. The number of hydrogen-bond donors (Lipinski definition) is 1. The van der Waals surface area contributed by atoms with Crippen LogP contribution in [-0.2, 0) is 22.7 Å². The number of nitrogens with zero attached hydrogens (tertiary/aromatic N) is 1. The summed E-state index contributed by atoms with van der Waals surface area (Å²) in [6.07, 6.45) is 0. The maximum absolute atomic E-state index is 13.1. The number of rotatable bonds is 10. The van der Waals surface area contributed by atoms with Gasteiger partial charge in [0.15, 0.2) is 6.61 Å². The SMILES string of the molecule is COc1ccc(CN(C(=O)COc2ccccc2)[C@@H](C)C(=O)NCc2ccccc2Cl)cc1. The van der Waals surface area contributed by atoms with Crippen LogP contribution in [0.5, 0.6) is 11.5 Å². The zero-order valence-corrected chi connectivity index (χ0v) is 19.4. The quantitative estimate of drug-likeness (QED) is 0.479. The predicted octanol–water partition coefficient (Wildman–Crippen LogP) is 4.46. The highest BCUT2D eigenvalue weighted by Crippen LogP contribution is 2.17. The smallest absolute Gasteiger partial charge is 0.261 e. The van der Waals surface area contributed by atoms with Gasteiger partial charge in [-0.2, -0.15) is 0 Å². The Morgan fingerprint density at radius 1 is 0.939 bits per heavy atom. The van der Waals surface area contributed by atoms with Gasteiger partial charge in [-0.25, -0.2) is 0 Å². The van der Waals surface area contributed by atoms with Gasteiger partial charge in [0.1, 0.15) is 17.5 Å². The Labute approximate surface area is 199 Å². The first kappa shape index (κ1) is 24.1. The molecule has 0 saturated heterocycles. The maximum atomic E-state index is 13.1. The molecule has 1 N–H and O–H groups in total. The molecule has 3 rings (SSSR count). The first-order valence-corrected chi connectivity index (χ1v) is 11.0. The van der Waals surface area contributed by atoms with E-state index in [-0.39, 0.29) is 31.5 Å². The molecule has 1 atom stereocenters. The van der Waals surface area contributed by atoms with Gasteiger partial charge in [-0.1, -0.05) is 60.1 Å². The van der Waals surface area contributed by atoms with Crippen molar-refractivity contribution in [2.75, 3.05) is 13.7 Å². The van der Waals surface area contributed by atoms with Crippen molar-refractivity contribution in [2.24, 2.45) is 0 Å². The van der Waals surface area contributed by atoms with Crippen LogP contribution in [0.4, 0.5) is 0 Å². The Bertz CT molecular complexity index is 1060. The van der Waals surface area contributed by atoms with E-state index >= 15 is 0 Å². The molecule has 0 spiro atoms. The van der Waals surface area contributed by atoms with E-state index in [4.69, 9.17) is 21.1 Å². The molecular weight excluding hydrogens is 440 g/mol. The molecule has 3 aromatic rings. The van der Waals surface area contributed by atoms with Crippen LogP contribution in [0.25, 0.3) is 0 Å². The number of nitrogens with one attached hydrogen (secondary N) is 1. The number of halogens is 1. The van der Waals surface area contributed by atoms with Gasteiger partial charge in [-0.05, 0) is 48.4 Å². The lowest BCUT2D eigenvalue weighted by Gasteiger charge is -2.29. The minimum absolute atomic E-state index is 0.178. The molecule has 0 heterocycles. The topological polar surface area (TPSA) is 67.9 Å². The lowest BCUT2D eigenvalue weighted by molar-refractivity contribution is -0.142. The highest BCUT2D eigenvalue weighted by atomic mass is 35.5. The molecule has 7 heteroatoms. The Hall–Kier alpha value is -3.51. The fourth-order valence-corrected chi connectivity index (χ4v) is 3.43. The summed E-state index contributed by atoms with van der Waals surface area (Å²) in [4.78, 5) is 27.5. The molecular formula is C26H27ClN2O4. The van der Waals surface area contributed by atoms with E-state index in [0.29, 0.717) is 10.8 Å². The van der Waals surface area contributed by atoms with Gasteiger partial charge in [0.25, 0.3) is 5.91 Å². The molecule has 0 saturated carbocycles. The molecule has 0 bridgehead atoms. The third-order valence-electron chi connectivity index (χ3n) is 5.20. The van der Waals surface area contributed by atoms with Crippen molar-refractivity contribution in [1.82, 2.24) is 10.2 Å². The van der Waals surface area contributed by atoms with Crippen LogP contribution >= 0.6 is 11.6 Å². The van der Waals surface area contributed by atoms with Gasteiger partial charge in [0.05, 0.1) is 7.11 Å². The average molecular weight is 467 g/mol. The summed E-state index contributed by atoms with van der Waals surface area (Å²) >= 11 is 6.19. The summed E-state index contributed by atoms with van der Waals surface area (Å²) in [6, 6.07) is 23.1. The molecule has 2 amide bonds. The van der Waals surface area contributed by atoms with E-state index in [1.54, 1.807) is 32.2 Å². The Kier molecular flexibility index (Phi) is 8.72. The van der Waals surface area contributed by atoms with Crippen molar-refractivity contribution < 1.29 is 19.1 Å². The van der Waals surface area contributed by atoms with Gasteiger partial charge in [-0.3, -0.25) is 9.59 Å². The van der Waals surface area contributed by atoms with Crippen LogP contribution < -0.4 is 14.8 Å². The highest BCUT2D eigenvalue weighted by molar-refractivity contribution is 6.31. The van der Waals surface area contributed by atoms with E-state index in [1.807, 2.05) is 60.7 Å². The van der Waals surface area contributed by atoms with E-state index in [0.717, 1.165) is 16.9 Å². The van der Waals surface area contributed by atoms with E-state index in [2.05, 4.69) is 5.32 Å². The standard InChI is InChI=1S/C26H27ClN2O4/c1-19(26(31)28-16-21-8-6-7-11-24(21)27)29(17-20-12-14-22(32-2)15-13-20)25(30)18-33-23-9-4-3-5-10-23/h3-15,19H,16-18H2,1-2H3,(H,28,31)/t19-/m0/s1. The molecule has 0 aromatic heterocycles. The molecule has 0 radical (unpaired) electrons. The number of ether oxygens (including phenoxy) is 2. The number of hydrogen-bond acceptors (Lipinski definition) is 4. The minimum Gasteiger partial charge on any atom is -0.497 e. The first-order valence-electron chi connectivity index (χ1n) is 10.6. The molecule has 0 aliphatic carbocycles. The number of carbonyl (C=O) groups excluding carboxylic acids is 2. The summed E-state index contributed by atoms with van der Waals surface area (Å²) in [5.74, 6) is 0.729. The zero-order chi connectivity index (χ0) is 23.6. The number of carbonyl (C=O) groups is 2. The summed E-state index contributed by atoms with van der Waals surface area (Å²) in [5, 5.41) is 3.45. The molecule has 6 nitrogen and oxygen atoms in total. The Morgan fingerprint density at radius 2 is 1.61 bits per heavy atom. The van der Waals surface area contributed by atoms with Gasteiger partial charge >= 0.3 is 0 Å². The summed E-state index contributed by atoms with van der Waals surface area (Å²) in [5.41, 5.74) is 1.68. The van der Waals surface area contributed by atoms with E-state index < -0.39 is 6.04 Å². The van der Waals surface area contributed by atoms with Crippen LogP contribution in [0.2, 0.25) is 5.02 Å². The first-order chi connectivity index (χ1) is 16.0. The molecule has 0 aliphatic heterocycles. The van der Waals surface area contributed by atoms with Crippen LogP contribution in [0.15, 0.2) is 78.9 Å². The van der Waals surface area contributed by atoms with Crippen molar-refractivity contribution in [3.8, 4) is 11.5 Å². The number of amides is 2. The van der Waals surface area contributed by atoms with Gasteiger partial charge in [-0.15, -0.1) is 0 Å². The predicted molar refractivity (Wildman–Crippen MR) is 128 cm³/mol. The monoisotopic (exact) mass is 466 g/mol. The van der Waals surface area contributed by atoms with Crippen LogP contribution in [0.3, 0.4) is 0 Å². The summed E-state index contributed by atoms with van der Waals surface area (Å²) < 4.78 is 10.8. The molecule has 172 valence electrons. The maximum Gasteiger partial charge on any atom is 0.261 e. The number of benzene rings is 3. The Morgan fingerprint density at radius 3 is 2.27 bits per heavy atom. The summed E-state index contributed by atoms with van der Waals surface area (Å²) in [6.45, 7) is 2.05. The van der Waals surface area contributed by atoms with E-state index in [9.17, 15) is 9.59 Å². The van der Waals surface area contributed by atoms with Crippen molar-refractivity contribution in [3.05, 3.63) is 95.0 Å². The number of para-hydroxylation sites is 1. The second-order valence-corrected chi connectivity index (χ2v) is 7.86. The second-order valence-electron chi connectivity index (χ2n) is 7.46. The molecule has 0 fully saturated rings. The van der Waals surface area contributed by atoms with Crippen molar-refractivity contribution in [3.63, 3.8) is 0 Å². The largest absolute Gasteiger partial charge is 0.497 e.